The number of primary amides is 1. The predicted molar refractivity (Wildman–Crippen MR) is 68.7 cm³/mol. The van der Waals surface area contributed by atoms with E-state index in [1.54, 1.807) is 30.3 Å². The molecule has 2 rings (SSSR count). The van der Waals surface area contributed by atoms with E-state index < -0.39 is 22.3 Å². The number of aromatic hydroxyl groups is 1. The lowest BCUT2D eigenvalue weighted by atomic mass is 10.0. The molecule has 0 spiro atoms. The highest BCUT2D eigenvalue weighted by Gasteiger charge is 2.26. The van der Waals surface area contributed by atoms with Crippen LogP contribution in [-0.2, 0) is 0 Å². The molecule has 0 bridgehead atoms. The van der Waals surface area contributed by atoms with Crippen LogP contribution in [0.5, 0.6) is 5.75 Å². The monoisotopic (exact) mass is 258 g/mol. The fraction of sp³-hybridized carbons (Fsp3) is 0. The van der Waals surface area contributed by atoms with Gasteiger partial charge in [-0.15, -0.1) is 0 Å². The minimum Gasteiger partial charge on any atom is -0.502 e. The molecule has 0 aromatic heterocycles. The summed E-state index contributed by atoms with van der Waals surface area (Å²) in [6.45, 7) is 0. The molecule has 0 saturated carbocycles. The molecule has 19 heavy (non-hydrogen) atoms. The van der Waals surface area contributed by atoms with Crippen molar-refractivity contribution in [3.8, 4) is 16.9 Å². The second-order valence-electron chi connectivity index (χ2n) is 3.85. The van der Waals surface area contributed by atoms with E-state index in [0.29, 0.717) is 5.56 Å². The van der Waals surface area contributed by atoms with Crippen molar-refractivity contribution in [2.24, 2.45) is 5.73 Å². The van der Waals surface area contributed by atoms with Crippen LogP contribution in [0.25, 0.3) is 11.1 Å². The van der Waals surface area contributed by atoms with Gasteiger partial charge in [-0.3, -0.25) is 14.9 Å². The first-order chi connectivity index (χ1) is 9.02. The summed E-state index contributed by atoms with van der Waals surface area (Å²) in [7, 11) is 0. The first-order valence-corrected chi connectivity index (χ1v) is 5.38. The lowest BCUT2D eigenvalue weighted by Gasteiger charge is -2.07. The first kappa shape index (κ1) is 12.6. The lowest BCUT2D eigenvalue weighted by molar-refractivity contribution is -0.386. The number of rotatable bonds is 3. The van der Waals surface area contributed by atoms with E-state index in [1.165, 1.54) is 12.1 Å². The number of benzene rings is 2. The number of nitrogens with two attached hydrogens (primary N) is 1. The number of hydrogen-bond acceptors (Lipinski definition) is 4. The van der Waals surface area contributed by atoms with Crippen LogP contribution in [0.3, 0.4) is 0 Å². The van der Waals surface area contributed by atoms with Crippen LogP contribution < -0.4 is 5.73 Å². The molecular weight excluding hydrogens is 248 g/mol. The van der Waals surface area contributed by atoms with Gasteiger partial charge in [-0.25, -0.2) is 0 Å². The Balaban J connectivity index is 2.71. The van der Waals surface area contributed by atoms with Gasteiger partial charge in [-0.05, 0) is 17.7 Å². The van der Waals surface area contributed by atoms with Gasteiger partial charge in [0.1, 0.15) is 5.56 Å². The average Bonchev–Trinajstić information content (AvgIpc) is 2.38. The van der Waals surface area contributed by atoms with Crippen molar-refractivity contribution in [3.05, 3.63) is 58.1 Å². The largest absolute Gasteiger partial charge is 0.502 e. The molecule has 0 atom stereocenters. The number of hydrogen-bond donors (Lipinski definition) is 2. The molecule has 2 aromatic rings. The topological polar surface area (TPSA) is 106 Å². The van der Waals surface area contributed by atoms with E-state index in [9.17, 15) is 20.0 Å². The predicted octanol–water partition coefficient (Wildman–Crippen LogP) is 2.07. The van der Waals surface area contributed by atoms with Gasteiger partial charge in [0, 0.05) is 5.56 Å². The van der Waals surface area contributed by atoms with Gasteiger partial charge in [-0.2, -0.15) is 0 Å². The zero-order valence-corrected chi connectivity index (χ0v) is 9.74. The molecule has 0 aliphatic rings. The van der Waals surface area contributed by atoms with Gasteiger partial charge in [-0.1, -0.05) is 30.3 Å². The summed E-state index contributed by atoms with van der Waals surface area (Å²) in [5, 5.41) is 21.0. The number of nitro groups is 1. The molecule has 6 nitrogen and oxygen atoms in total. The highest BCUT2D eigenvalue weighted by molar-refractivity contribution is 5.99. The summed E-state index contributed by atoms with van der Waals surface area (Å²) in [5.74, 6) is -1.52. The Morgan fingerprint density at radius 3 is 2.32 bits per heavy atom. The molecule has 0 saturated heterocycles. The molecule has 96 valence electrons. The van der Waals surface area contributed by atoms with Crippen molar-refractivity contribution >= 4 is 11.6 Å². The molecule has 3 N–H and O–H groups in total. The zero-order chi connectivity index (χ0) is 14.0. The Kier molecular flexibility index (Phi) is 3.15. The summed E-state index contributed by atoms with van der Waals surface area (Å²) in [6.07, 6.45) is 0. The minimum atomic E-state index is -0.957. The summed E-state index contributed by atoms with van der Waals surface area (Å²) in [5.41, 5.74) is 4.95. The van der Waals surface area contributed by atoms with Crippen LogP contribution in [0.15, 0.2) is 42.5 Å². The van der Waals surface area contributed by atoms with E-state index >= 15 is 0 Å². The second-order valence-corrected chi connectivity index (χ2v) is 3.85. The number of phenols is 1. The number of carbonyl (C=O) groups is 1. The van der Waals surface area contributed by atoms with E-state index in [0.717, 1.165) is 0 Å². The SMILES string of the molecule is NC(=O)c1ccc(-c2ccccc2)c(O)c1[N+](=O)[O-]. The molecule has 2 aromatic carbocycles. The third-order valence-corrected chi connectivity index (χ3v) is 2.68. The Labute approximate surface area is 108 Å². The molecule has 0 radical (unpaired) electrons. The molecule has 6 heteroatoms. The van der Waals surface area contributed by atoms with Crippen LogP contribution in [0, 0.1) is 10.1 Å². The van der Waals surface area contributed by atoms with Crippen LogP contribution in [0.4, 0.5) is 5.69 Å². The third-order valence-electron chi connectivity index (χ3n) is 2.68. The number of nitrogens with zero attached hydrogens (tertiary/aromatic N) is 1. The maximum absolute atomic E-state index is 11.1. The molecular formula is C13H10N2O4. The summed E-state index contributed by atoms with van der Waals surface area (Å²) >= 11 is 0. The van der Waals surface area contributed by atoms with Gasteiger partial charge in [0.25, 0.3) is 5.91 Å². The van der Waals surface area contributed by atoms with E-state index in [-0.39, 0.29) is 11.1 Å². The lowest BCUT2D eigenvalue weighted by Crippen LogP contribution is -2.13. The quantitative estimate of drug-likeness (QED) is 0.649. The highest BCUT2D eigenvalue weighted by atomic mass is 16.6. The normalized spacial score (nSPS) is 10.1. The molecule has 0 fully saturated rings. The van der Waals surface area contributed by atoms with E-state index in [2.05, 4.69) is 0 Å². The molecule has 0 aliphatic heterocycles. The average molecular weight is 258 g/mol. The molecule has 0 unspecified atom stereocenters. The Morgan fingerprint density at radius 1 is 1.16 bits per heavy atom. The Hall–Kier alpha value is -2.89. The van der Waals surface area contributed by atoms with Crippen molar-refractivity contribution in [3.63, 3.8) is 0 Å². The zero-order valence-electron chi connectivity index (χ0n) is 9.74. The van der Waals surface area contributed by atoms with Crippen molar-refractivity contribution in [1.82, 2.24) is 0 Å². The van der Waals surface area contributed by atoms with Gasteiger partial charge in [0.15, 0.2) is 0 Å². The first-order valence-electron chi connectivity index (χ1n) is 5.38. The molecule has 0 heterocycles. The summed E-state index contributed by atoms with van der Waals surface area (Å²) in [4.78, 5) is 21.3. The smallest absolute Gasteiger partial charge is 0.324 e. The maximum Gasteiger partial charge on any atom is 0.324 e. The van der Waals surface area contributed by atoms with Gasteiger partial charge >= 0.3 is 5.69 Å². The standard InChI is InChI=1S/C13H10N2O4/c14-13(17)10-7-6-9(8-4-2-1-3-5-8)12(16)11(10)15(18)19/h1-7,16H,(H2,14,17). The summed E-state index contributed by atoms with van der Waals surface area (Å²) < 4.78 is 0. The van der Waals surface area contributed by atoms with Crippen LogP contribution in [0.1, 0.15) is 10.4 Å². The molecule has 1 amide bonds. The number of nitro benzene ring substituents is 1. The third kappa shape index (κ3) is 2.23. The molecule has 0 aliphatic carbocycles. The van der Waals surface area contributed by atoms with Crippen molar-refractivity contribution < 1.29 is 14.8 Å². The fourth-order valence-corrected chi connectivity index (χ4v) is 1.81. The van der Waals surface area contributed by atoms with E-state index in [1.807, 2.05) is 0 Å². The van der Waals surface area contributed by atoms with Crippen molar-refractivity contribution in [2.75, 3.05) is 0 Å². The number of amides is 1. The van der Waals surface area contributed by atoms with Crippen LogP contribution in [0.2, 0.25) is 0 Å². The van der Waals surface area contributed by atoms with Gasteiger partial charge in [0.05, 0.1) is 4.92 Å². The van der Waals surface area contributed by atoms with Crippen molar-refractivity contribution in [1.29, 1.82) is 0 Å². The second kappa shape index (κ2) is 4.77. The minimum absolute atomic E-state index is 0.275. The number of carbonyl (C=O) groups excluding carboxylic acids is 1. The van der Waals surface area contributed by atoms with Gasteiger partial charge < -0.3 is 10.8 Å². The maximum atomic E-state index is 11.1. The highest BCUT2D eigenvalue weighted by Crippen LogP contribution is 2.39. The van der Waals surface area contributed by atoms with E-state index in [4.69, 9.17) is 5.73 Å². The van der Waals surface area contributed by atoms with Crippen LogP contribution >= 0.6 is 0 Å². The van der Waals surface area contributed by atoms with Gasteiger partial charge in [0.2, 0.25) is 5.75 Å². The Bertz CT molecular complexity index is 653. The van der Waals surface area contributed by atoms with Crippen LogP contribution in [-0.4, -0.2) is 15.9 Å². The fourth-order valence-electron chi connectivity index (χ4n) is 1.81. The number of phenolic OH excluding ortho intramolecular Hbond substituents is 1. The summed E-state index contributed by atoms with van der Waals surface area (Å²) in [6, 6.07) is 11.3. The van der Waals surface area contributed by atoms with Crippen molar-refractivity contribution in [2.45, 2.75) is 0 Å². The Morgan fingerprint density at radius 2 is 1.79 bits per heavy atom.